The molecule has 0 aromatic heterocycles. The van der Waals surface area contributed by atoms with E-state index in [1.807, 2.05) is 43.3 Å². The predicted molar refractivity (Wildman–Crippen MR) is 54.4 cm³/mol. The average Bonchev–Trinajstić information content (AvgIpc) is 2.15. The van der Waals surface area contributed by atoms with Gasteiger partial charge in [0.05, 0.1) is 0 Å². The second-order valence-electron chi connectivity index (χ2n) is 2.84. The molecule has 1 aromatic carbocycles. The maximum atomic E-state index is 9.98. The van der Waals surface area contributed by atoms with Gasteiger partial charge in [-0.3, -0.25) is 0 Å². The van der Waals surface area contributed by atoms with Gasteiger partial charge in [0, 0.05) is 31.4 Å². The zero-order valence-electron chi connectivity index (χ0n) is 7.74. The van der Waals surface area contributed by atoms with Crippen LogP contribution in [0, 0.1) is 0 Å². The fraction of sp³-hybridized carbons (Fsp3) is 0.182. The third-order valence-corrected chi connectivity index (χ3v) is 1.71. The Kier molecular flexibility index (Phi) is 3.10. The molecule has 0 bridgehead atoms. The van der Waals surface area contributed by atoms with Crippen LogP contribution >= 0.6 is 0 Å². The summed E-state index contributed by atoms with van der Waals surface area (Å²) in [4.78, 5) is 12.0. The van der Waals surface area contributed by atoms with Crippen LogP contribution in [0.15, 0.2) is 30.0 Å². The van der Waals surface area contributed by atoms with Gasteiger partial charge in [0.2, 0.25) is 0 Å². The molecule has 2 nitrogen and oxygen atoms in total. The Bertz CT molecular complexity index is 369. The molecule has 2 heteroatoms. The molecule has 13 heavy (non-hydrogen) atoms. The van der Waals surface area contributed by atoms with Crippen molar-refractivity contribution < 1.29 is 4.79 Å². The summed E-state index contributed by atoms with van der Waals surface area (Å²) in [7, 11) is 3.91. The summed E-state index contributed by atoms with van der Waals surface area (Å²) in [6, 6.07) is 7.79. The molecule has 1 aromatic rings. The van der Waals surface area contributed by atoms with Crippen molar-refractivity contribution in [2.45, 2.75) is 0 Å². The molecule has 0 amide bonds. The Morgan fingerprint density at radius 1 is 1.31 bits per heavy atom. The van der Waals surface area contributed by atoms with Crippen molar-refractivity contribution in [3.05, 3.63) is 35.6 Å². The van der Waals surface area contributed by atoms with Crippen LogP contribution in [0.2, 0.25) is 0 Å². The number of rotatable bonds is 2. The molecule has 0 N–H and O–H groups in total. The summed E-state index contributed by atoms with van der Waals surface area (Å²) in [5.41, 5.74) is 4.43. The van der Waals surface area contributed by atoms with Crippen molar-refractivity contribution in [2.24, 2.45) is 0 Å². The van der Waals surface area contributed by atoms with Crippen LogP contribution in [0.25, 0.3) is 6.08 Å². The Morgan fingerprint density at radius 2 is 2.00 bits per heavy atom. The summed E-state index contributed by atoms with van der Waals surface area (Å²) >= 11 is 0. The van der Waals surface area contributed by atoms with Gasteiger partial charge in [-0.2, -0.15) is 0 Å². The monoisotopic (exact) mass is 173 g/mol. The molecule has 0 saturated carbocycles. The lowest BCUT2D eigenvalue weighted by Crippen LogP contribution is -2.09. The van der Waals surface area contributed by atoms with Crippen molar-refractivity contribution >= 4 is 17.7 Å². The van der Waals surface area contributed by atoms with Crippen molar-refractivity contribution in [3.8, 4) is 0 Å². The van der Waals surface area contributed by atoms with E-state index in [1.54, 1.807) is 12.0 Å². The highest BCUT2D eigenvalue weighted by Gasteiger charge is 1.98. The van der Waals surface area contributed by atoms with E-state index in [0.29, 0.717) is 0 Å². The second kappa shape index (κ2) is 4.32. The van der Waals surface area contributed by atoms with Gasteiger partial charge in [0.1, 0.15) is 0 Å². The Hall–Kier alpha value is -1.75. The third-order valence-electron chi connectivity index (χ3n) is 1.71. The molecular formula is C11H11NO. The Balaban J connectivity index is 3.19. The van der Waals surface area contributed by atoms with E-state index >= 15 is 0 Å². The zero-order valence-corrected chi connectivity index (χ0v) is 7.74. The number of hydrogen-bond acceptors (Lipinski definition) is 2. The maximum Gasteiger partial charge on any atom is 0.177 e. The highest BCUT2D eigenvalue weighted by atomic mass is 16.1. The smallest absolute Gasteiger partial charge is 0.177 e. The van der Waals surface area contributed by atoms with E-state index < -0.39 is 0 Å². The lowest BCUT2D eigenvalue weighted by atomic mass is 10.1. The van der Waals surface area contributed by atoms with Crippen LogP contribution in [0.5, 0.6) is 0 Å². The second-order valence-corrected chi connectivity index (χ2v) is 2.84. The number of anilines is 1. The van der Waals surface area contributed by atoms with Crippen LogP contribution < -0.4 is 4.90 Å². The first kappa shape index (κ1) is 9.34. The van der Waals surface area contributed by atoms with Gasteiger partial charge in [-0.15, -0.1) is 0 Å². The lowest BCUT2D eigenvalue weighted by molar-refractivity contribution is 0.569. The highest BCUT2D eigenvalue weighted by molar-refractivity contribution is 5.69. The number of benzene rings is 1. The first-order chi connectivity index (χ1) is 6.25. The molecule has 0 fully saturated rings. The number of carbonyl (C=O) groups excluding carboxylic acids is 1. The third kappa shape index (κ3) is 2.34. The normalized spacial score (nSPS) is 8.46. The first-order valence-corrected chi connectivity index (χ1v) is 3.98. The van der Waals surface area contributed by atoms with Crippen molar-refractivity contribution in [2.75, 3.05) is 19.0 Å². The lowest BCUT2D eigenvalue weighted by Gasteiger charge is -2.14. The first-order valence-electron chi connectivity index (χ1n) is 3.98. The zero-order chi connectivity index (χ0) is 9.68. The van der Waals surface area contributed by atoms with Gasteiger partial charge in [0.15, 0.2) is 5.94 Å². The summed E-state index contributed by atoms with van der Waals surface area (Å²) in [5.74, 6) is 1.61. The Labute approximate surface area is 77.8 Å². The van der Waals surface area contributed by atoms with E-state index in [1.165, 1.54) is 0 Å². The standard InChI is InChI=1S/C11H11NO/c1-12(2)11-8-4-3-6-10(11)7-5-9-13/h3-4,6-8H,1-2H3. The molecule has 0 saturated heterocycles. The molecule has 0 aliphatic rings. The molecule has 0 radical (unpaired) electrons. The Morgan fingerprint density at radius 3 is 2.62 bits per heavy atom. The van der Waals surface area contributed by atoms with E-state index in [-0.39, 0.29) is 0 Å². The highest BCUT2D eigenvalue weighted by Crippen LogP contribution is 2.18. The SMILES string of the molecule is CN(C)c1ccccc1C=C=C=O. The van der Waals surface area contributed by atoms with Gasteiger partial charge in [-0.1, -0.05) is 18.2 Å². The molecule has 0 unspecified atom stereocenters. The van der Waals surface area contributed by atoms with Gasteiger partial charge in [-0.05, 0) is 11.8 Å². The van der Waals surface area contributed by atoms with Crippen molar-refractivity contribution in [1.29, 1.82) is 0 Å². The topological polar surface area (TPSA) is 20.3 Å². The molecule has 0 aliphatic heterocycles. The molecule has 66 valence electrons. The van der Waals surface area contributed by atoms with E-state index in [9.17, 15) is 4.79 Å². The van der Waals surface area contributed by atoms with Crippen molar-refractivity contribution in [1.82, 2.24) is 0 Å². The minimum atomic E-state index is 0.968. The van der Waals surface area contributed by atoms with Crippen LogP contribution in [0.3, 0.4) is 0 Å². The molecule has 0 heterocycles. The van der Waals surface area contributed by atoms with Crippen LogP contribution in [0.4, 0.5) is 5.69 Å². The fourth-order valence-corrected chi connectivity index (χ4v) is 1.12. The summed E-state index contributed by atoms with van der Waals surface area (Å²) < 4.78 is 0. The van der Waals surface area contributed by atoms with E-state index in [4.69, 9.17) is 0 Å². The van der Waals surface area contributed by atoms with E-state index in [0.717, 1.165) is 11.3 Å². The molecular weight excluding hydrogens is 162 g/mol. The number of hydrogen-bond donors (Lipinski definition) is 0. The molecule has 0 atom stereocenters. The molecule has 1 rings (SSSR count). The number of para-hydroxylation sites is 1. The average molecular weight is 173 g/mol. The van der Waals surface area contributed by atoms with Crippen LogP contribution in [0.1, 0.15) is 5.56 Å². The predicted octanol–water partition coefficient (Wildman–Crippen LogP) is 1.75. The quantitative estimate of drug-likeness (QED) is 0.501. The van der Waals surface area contributed by atoms with Gasteiger partial charge in [0.25, 0.3) is 0 Å². The molecule has 0 spiro atoms. The largest absolute Gasteiger partial charge is 0.377 e. The summed E-state index contributed by atoms with van der Waals surface area (Å²) in [6.45, 7) is 0. The number of nitrogens with zero attached hydrogens (tertiary/aromatic N) is 1. The van der Waals surface area contributed by atoms with Crippen LogP contribution in [-0.2, 0) is 4.79 Å². The maximum absolute atomic E-state index is 9.98. The minimum Gasteiger partial charge on any atom is -0.377 e. The van der Waals surface area contributed by atoms with Gasteiger partial charge >= 0.3 is 0 Å². The fourth-order valence-electron chi connectivity index (χ4n) is 1.12. The summed E-state index contributed by atoms with van der Waals surface area (Å²) in [5, 5.41) is 0. The van der Waals surface area contributed by atoms with Crippen LogP contribution in [-0.4, -0.2) is 20.0 Å². The van der Waals surface area contributed by atoms with Gasteiger partial charge < -0.3 is 4.90 Å². The van der Waals surface area contributed by atoms with Gasteiger partial charge in [-0.25, -0.2) is 4.79 Å². The molecule has 0 aliphatic carbocycles. The summed E-state index contributed by atoms with van der Waals surface area (Å²) in [6.07, 6.45) is 1.63. The van der Waals surface area contributed by atoms with E-state index in [2.05, 4.69) is 5.73 Å². The minimum absolute atomic E-state index is 0.968. The van der Waals surface area contributed by atoms with Crippen molar-refractivity contribution in [3.63, 3.8) is 0 Å².